The number of aromatic nitrogens is 2. The van der Waals surface area contributed by atoms with E-state index in [1.54, 1.807) is 48.5 Å². The van der Waals surface area contributed by atoms with Gasteiger partial charge in [0.2, 0.25) is 5.78 Å². The largest absolute Gasteiger partial charge is 0.457 e. The smallest absolute Gasteiger partial charge is 0.332 e. The summed E-state index contributed by atoms with van der Waals surface area (Å²) in [6, 6.07) is 18.1. The molecule has 3 aromatic rings. The third-order valence-electron chi connectivity index (χ3n) is 4.84. The number of rotatable bonds is 6. The van der Waals surface area contributed by atoms with Gasteiger partial charge in [0.25, 0.3) is 5.56 Å². The van der Waals surface area contributed by atoms with Crippen molar-refractivity contribution in [3.63, 3.8) is 0 Å². The molecule has 2 aromatic carbocycles. The Morgan fingerprint density at radius 3 is 1.90 bits per heavy atom. The fourth-order valence-electron chi connectivity index (χ4n) is 3.17. The topological polar surface area (TPSA) is 113 Å². The van der Waals surface area contributed by atoms with Crippen LogP contribution in [-0.4, -0.2) is 27.5 Å². The van der Waals surface area contributed by atoms with Crippen LogP contribution in [0.1, 0.15) is 27.4 Å². The number of esters is 1. The highest BCUT2D eigenvalue weighted by Crippen LogP contribution is 2.26. The summed E-state index contributed by atoms with van der Waals surface area (Å²) >= 11 is 0. The molecule has 0 amide bonds. The Bertz CT molecular complexity index is 1160. The minimum atomic E-state index is -0.834. The van der Waals surface area contributed by atoms with Gasteiger partial charge >= 0.3 is 11.7 Å². The summed E-state index contributed by atoms with van der Waals surface area (Å²) in [6.45, 7) is -0.674. The van der Waals surface area contributed by atoms with E-state index >= 15 is 0 Å². The lowest BCUT2D eigenvalue weighted by Crippen LogP contribution is -2.42. The van der Waals surface area contributed by atoms with Crippen LogP contribution in [0.2, 0.25) is 0 Å². The van der Waals surface area contributed by atoms with Crippen LogP contribution in [0, 0.1) is 0 Å². The summed E-state index contributed by atoms with van der Waals surface area (Å²) in [7, 11) is 2.59. The van der Waals surface area contributed by atoms with Crippen LogP contribution in [0.3, 0.4) is 0 Å². The molecular formula is C22H21N3O5. The minimum absolute atomic E-state index is 0.271. The molecule has 0 bridgehead atoms. The highest BCUT2D eigenvalue weighted by atomic mass is 16.5. The van der Waals surface area contributed by atoms with E-state index < -0.39 is 35.5 Å². The van der Waals surface area contributed by atoms with Crippen LogP contribution in [0.4, 0.5) is 5.82 Å². The van der Waals surface area contributed by atoms with Gasteiger partial charge in [-0.3, -0.25) is 23.5 Å². The average Bonchev–Trinajstić information content (AvgIpc) is 2.77. The molecule has 2 N–H and O–H groups in total. The summed E-state index contributed by atoms with van der Waals surface area (Å²) in [5.74, 6) is -2.43. The zero-order valence-corrected chi connectivity index (χ0v) is 16.6. The van der Waals surface area contributed by atoms with E-state index in [4.69, 9.17) is 10.5 Å². The highest BCUT2D eigenvalue weighted by molar-refractivity contribution is 6.01. The predicted molar refractivity (Wildman–Crippen MR) is 111 cm³/mol. The van der Waals surface area contributed by atoms with Crippen molar-refractivity contribution < 1.29 is 14.3 Å². The van der Waals surface area contributed by atoms with Gasteiger partial charge in [-0.25, -0.2) is 4.79 Å². The summed E-state index contributed by atoms with van der Waals surface area (Å²) < 4.78 is 7.04. The van der Waals surface area contributed by atoms with Crippen LogP contribution in [-0.2, 0) is 23.6 Å². The Hall–Kier alpha value is -3.94. The van der Waals surface area contributed by atoms with E-state index in [-0.39, 0.29) is 11.4 Å². The van der Waals surface area contributed by atoms with Crippen molar-refractivity contribution in [3.05, 3.63) is 98.2 Å². The van der Waals surface area contributed by atoms with Crippen molar-refractivity contribution in [2.75, 3.05) is 12.3 Å². The number of ether oxygens (including phenoxy) is 1. The fourth-order valence-corrected chi connectivity index (χ4v) is 3.17. The van der Waals surface area contributed by atoms with Crippen molar-refractivity contribution in [2.24, 2.45) is 14.1 Å². The monoisotopic (exact) mass is 407 g/mol. The molecule has 0 aliphatic heterocycles. The van der Waals surface area contributed by atoms with Crippen LogP contribution >= 0.6 is 0 Å². The molecule has 154 valence electrons. The Balaban J connectivity index is 1.88. The second kappa shape index (κ2) is 8.60. The van der Waals surface area contributed by atoms with Crippen molar-refractivity contribution in [2.45, 2.75) is 5.92 Å². The van der Waals surface area contributed by atoms with E-state index in [2.05, 4.69) is 0 Å². The lowest BCUT2D eigenvalue weighted by molar-refractivity contribution is -0.143. The summed E-state index contributed by atoms with van der Waals surface area (Å²) in [5, 5.41) is 0. The maximum Gasteiger partial charge on any atom is 0.332 e. The standard InChI is InChI=1S/C22H21N3O5/c1-24-19(23)18(20(27)25(2)22(24)29)16(26)13-30-21(28)17(14-9-5-3-6-10-14)15-11-7-4-8-12-15/h3-12,17H,13,23H2,1-2H3. The fraction of sp³-hybridized carbons (Fsp3) is 0.182. The van der Waals surface area contributed by atoms with Gasteiger partial charge in [0.15, 0.2) is 6.61 Å². The Morgan fingerprint density at radius 2 is 1.40 bits per heavy atom. The van der Waals surface area contributed by atoms with E-state index in [1.165, 1.54) is 14.1 Å². The molecule has 3 rings (SSSR count). The molecule has 0 atom stereocenters. The summed E-state index contributed by atoms with van der Waals surface area (Å²) in [6.07, 6.45) is 0. The molecule has 30 heavy (non-hydrogen) atoms. The molecule has 1 aromatic heterocycles. The third kappa shape index (κ3) is 3.93. The van der Waals surface area contributed by atoms with Crippen LogP contribution in [0.25, 0.3) is 0 Å². The molecular weight excluding hydrogens is 386 g/mol. The zero-order chi connectivity index (χ0) is 21.8. The number of hydrogen-bond acceptors (Lipinski definition) is 6. The first-order valence-corrected chi connectivity index (χ1v) is 9.18. The van der Waals surface area contributed by atoms with Crippen molar-refractivity contribution in [1.82, 2.24) is 9.13 Å². The average molecular weight is 407 g/mol. The van der Waals surface area contributed by atoms with Crippen molar-refractivity contribution in [3.8, 4) is 0 Å². The molecule has 0 unspecified atom stereocenters. The first-order valence-electron chi connectivity index (χ1n) is 9.18. The number of benzene rings is 2. The number of ketones is 1. The Labute approximate surface area is 172 Å². The first-order chi connectivity index (χ1) is 14.3. The molecule has 0 saturated carbocycles. The number of anilines is 1. The molecule has 0 aliphatic rings. The molecule has 0 spiro atoms. The number of Topliss-reactive ketones (excluding diaryl/α,β-unsaturated/α-hetero) is 1. The van der Waals surface area contributed by atoms with E-state index in [9.17, 15) is 19.2 Å². The van der Waals surface area contributed by atoms with E-state index in [1.807, 2.05) is 12.1 Å². The number of nitrogens with two attached hydrogens (primary N) is 1. The normalized spacial score (nSPS) is 10.8. The molecule has 0 aliphatic carbocycles. The van der Waals surface area contributed by atoms with Gasteiger partial charge in [-0.05, 0) is 11.1 Å². The Kier molecular flexibility index (Phi) is 5.96. The SMILES string of the molecule is Cn1c(N)c(C(=O)COC(=O)C(c2ccccc2)c2ccccc2)c(=O)n(C)c1=O. The molecule has 1 heterocycles. The van der Waals surface area contributed by atoms with E-state index in [0.717, 1.165) is 9.13 Å². The van der Waals surface area contributed by atoms with Crippen LogP contribution in [0.5, 0.6) is 0 Å². The lowest BCUT2D eigenvalue weighted by Gasteiger charge is -2.17. The van der Waals surface area contributed by atoms with Gasteiger partial charge in [0, 0.05) is 14.1 Å². The van der Waals surface area contributed by atoms with Gasteiger partial charge in [0.1, 0.15) is 17.3 Å². The third-order valence-corrected chi connectivity index (χ3v) is 4.84. The van der Waals surface area contributed by atoms with Gasteiger partial charge in [-0.1, -0.05) is 60.7 Å². The van der Waals surface area contributed by atoms with E-state index in [0.29, 0.717) is 11.1 Å². The minimum Gasteiger partial charge on any atom is -0.457 e. The number of nitrogens with zero attached hydrogens (tertiary/aromatic N) is 2. The Morgan fingerprint density at radius 1 is 0.900 bits per heavy atom. The maximum absolute atomic E-state index is 12.9. The van der Waals surface area contributed by atoms with Crippen LogP contribution < -0.4 is 17.0 Å². The number of nitrogen functional groups attached to an aromatic ring is 1. The molecule has 8 heteroatoms. The molecule has 0 saturated heterocycles. The van der Waals surface area contributed by atoms with Crippen molar-refractivity contribution >= 4 is 17.6 Å². The first kappa shape index (κ1) is 20.8. The van der Waals surface area contributed by atoms with Gasteiger partial charge < -0.3 is 10.5 Å². The lowest BCUT2D eigenvalue weighted by atomic mass is 9.91. The van der Waals surface area contributed by atoms with Crippen molar-refractivity contribution in [1.29, 1.82) is 0 Å². The second-order valence-electron chi connectivity index (χ2n) is 6.75. The van der Waals surface area contributed by atoms with Gasteiger partial charge in [0.05, 0.1) is 0 Å². The number of hydrogen-bond donors (Lipinski definition) is 1. The summed E-state index contributed by atoms with van der Waals surface area (Å²) in [4.78, 5) is 49.7. The highest BCUT2D eigenvalue weighted by Gasteiger charge is 2.26. The molecule has 8 nitrogen and oxygen atoms in total. The molecule has 0 fully saturated rings. The number of carbonyl (C=O) groups is 2. The maximum atomic E-state index is 12.9. The van der Waals surface area contributed by atoms with Gasteiger partial charge in [-0.2, -0.15) is 0 Å². The number of carbonyl (C=O) groups excluding carboxylic acids is 2. The molecule has 0 radical (unpaired) electrons. The quantitative estimate of drug-likeness (QED) is 0.486. The van der Waals surface area contributed by atoms with Crippen LogP contribution in [0.15, 0.2) is 70.3 Å². The second-order valence-corrected chi connectivity index (χ2v) is 6.75. The zero-order valence-electron chi connectivity index (χ0n) is 16.6. The van der Waals surface area contributed by atoms with Gasteiger partial charge in [-0.15, -0.1) is 0 Å². The summed E-state index contributed by atoms with van der Waals surface area (Å²) in [5.41, 5.74) is 5.33. The predicted octanol–water partition coefficient (Wildman–Crippen LogP) is 1.22.